The Morgan fingerprint density at radius 3 is 1.45 bits per heavy atom. The van der Waals surface area contributed by atoms with E-state index in [1.165, 1.54) is 32.7 Å². The van der Waals surface area contributed by atoms with Gasteiger partial charge in [-0.05, 0) is 37.1 Å². The molecule has 0 bridgehead atoms. The quantitative estimate of drug-likeness (QED) is 0.467. The average Bonchev–Trinajstić information content (AvgIpc) is 2.82. The first-order valence-corrected chi connectivity index (χ1v) is 9.29. The molecule has 0 unspecified atom stereocenters. The molecule has 0 fully saturated rings. The predicted molar refractivity (Wildman–Crippen MR) is 89.5 cm³/mol. The maximum Gasteiger partial charge on any atom is 0.0912 e. The van der Waals surface area contributed by atoms with Gasteiger partial charge in [0.15, 0.2) is 0 Å². The van der Waals surface area contributed by atoms with Gasteiger partial charge in [-0.15, -0.1) is 0 Å². The molecule has 0 nitrogen and oxygen atoms in total. The Bertz CT molecular complexity index is 491. The van der Waals surface area contributed by atoms with Gasteiger partial charge in [0.2, 0.25) is 0 Å². The molecule has 4 heteroatoms. The van der Waals surface area contributed by atoms with E-state index in [1.54, 1.807) is 0 Å². The van der Waals surface area contributed by atoms with Crippen LogP contribution in [0.2, 0.25) is 0 Å². The molecule has 108 valence electrons. The Kier molecular flexibility index (Phi) is 7.24. The van der Waals surface area contributed by atoms with Crippen molar-refractivity contribution in [3.63, 3.8) is 0 Å². The second-order valence-electron chi connectivity index (χ2n) is 5.46. The van der Waals surface area contributed by atoms with E-state index < -0.39 is 9.52 Å². The van der Waals surface area contributed by atoms with Gasteiger partial charge in [-0.2, -0.15) is 0 Å². The standard InChI is InChI=1S/C16H22Cl2Si.Hf/c1-5-11-7-13(17)15(9(11)3)19-16-10(4)12(6-2)8-14(16)18;/h5-8,19H2,1-4H3;. The van der Waals surface area contributed by atoms with Crippen molar-refractivity contribution in [2.24, 2.45) is 0 Å². The summed E-state index contributed by atoms with van der Waals surface area (Å²) < 4.78 is 0. The molecule has 2 rings (SSSR count). The molecule has 2 aliphatic carbocycles. The molecule has 0 aromatic heterocycles. The first-order chi connectivity index (χ1) is 8.99. The SMILES string of the molecule is CCC1=C(C)C([SiH2]C2=C(Cl)CC(CC)=C2C)=C(Cl)C1.[Hf]. The minimum atomic E-state index is -0.528. The number of rotatable bonds is 4. The third-order valence-corrected chi connectivity index (χ3v) is 8.36. The van der Waals surface area contributed by atoms with Crippen LogP contribution in [-0.4, -0.2) is 9.52 Å². The molecule has 0 radical (unpaired) electrons. The predicted octanol–water partition coefficient (Wildman–Crippen LogP) is 5.31. The molecule has 2 aliphatic rings. The Balaban J connectivity index is 0.00000200. The minimum Gasteiger partial charge on any atom is -0.0889 e. The van der Waals surface area contributed by atoms with Gasteiger partial charge in [-0.3, -0.25) is 0 Å². The van der Waals surface area contributed by atoms with E-state index in [9.17, 15) is 0 Å². The van der Waals surface area contributed by atoms with Crippen LogP contribution >= 0.6 is 23.2 Å². The fourth-order valence-electron chi connectivity index (χ4n) is 3.10. The van der Waals surface area contributed by atoms with Crippen LogP contribution in [0.4, 0.5) is 0 Å². The molecule has 0 aromatic rings. The first-order valence-electron chi connectivity index (χ1n) is 7.12. The van der Waals surface area contributed by atoms with Gasteiger partial charge in [0.05, 0.1) is 9.52 Å². The zero-order chi connectivity index (χ0) is 14.2. The van der Waals surface area contributed by atoms with E-state index in [0.717, 1.165) is 35.7 Å². The van der Waals surface area contributed by atoms with Crippen molar-refractivity contribution in [3.05, 3.63) is 42.7 Å². The monoisotopic (exact) mass is 492 g/mol. The number of hydrogen-bond acceptors (Lipinski definition) is 0. The fourth-order valence-corrected chi connectivity index (χ4v) is 6.13. The summed E-state index contributed by atoms with van der Waals surface area (Å²) in [6.45, 7) is 8.91. The second kappa shape index (κ2) is 7.76. The second-order valence-corrected chi connectivity index (χ2v) is 8.14. The zero-order valence-electron chi connectivity index (χ0n) is 12.8. The normalized spacial score (nSPS) is 19.5. The van der Waals surface area contributed by atoms with Crippen LogP contribution in [0.25, 0.3) is 0 Å². The Morgan fingerprint density at radius 1 is 0.850 bits per heavy atom. The van der Waals surface area contributed by atoms with Gasteiger partial charge in [0.25, 0.3) is 0 Å². The van der Waals surface area contributed by atoms with Gasteiger partial charge in [0, 0.05) is 48.7 Å². The molecule has 0 aliphatic heterocycles. The summed E-state index contributed by atoms with van der Waals surface area (Å²) in [6, 6.07) is 0. The van der Waals surface area contributed by atoms with Gasteiger partial charge in [-0.1, -0.05) is 59.3 Å². The van der Waals surface area contributed by atoms with Crippen molar-refractivity contribution in [2.75, 3.05) is 0 Å². The molecule has 0 atom stereocenters. The van der Waals surface area contributed by atoms with Gasteiger partial charge < -0.3 is 0 Å². The molecule has 0 N–H and O–H groups in total. The maximum absolute atomic E-state index is 6.48. The van der Waals surface area contributed by atoms with Crippen LogP contribution in [0.1, 0.15) is 53.4 Å². The smallest absolute Gasteiger partial charge is 0.0889 e. The molecular weight excluding hydrogens is 470 g/mol. The molecule has 0 saturated carbocycles. The van der Waals surface area contributed by atoms with E-state index in [-0.39, 0.29) is 25.8 Å². The Hall–Kier alpha value is 0.627. The molecule has 0 spiro atoms. The van der Waals surface area contributed by atoms with Crippen LogP contribution in [-0.2, 0) is 25.8 Å². The van der Waals surface area contributed by atoms with Crippen molar-refractivity contribution in [3.8, 4) is 0 Å². The first kappa shape index (κ1) is 18.7. The summed E-state index contributed by atoms with van der Waals surface area (Å²) in [5, 5.41) is 5.05. The molecule has 0 aromatic carbocycles. The van der Waals surface area contributed by atoms with E-state index in [2.05, 4.69) is 27.7 Å². The van der Waals surface area contributed by atoms with E-state index in [0.29, 0.717) is 0 Å². The maximum atomic E-state index is 6.48. The van der Waals surface area contributed by atoms with Crippen molar-refractivity contribution < 1.29 is 25.8 Å². The molecule has 20 heavy (non-hydrogen) atoms. The van der Waals surface area contributed by atoms with E-state index in [4.69, 9.17) is 23.2 Å². The molecule has 0 amide bonds. The molecular formula is C16H22Cl2HfSi. The fraction of sp³-hybridized carbons (Fsp3) is 0.500. The van der Waals surface area contributed by atoms with Gasteiger partial charge in [0.1, 0.15) is 0 Å². The third-order valence-electron chi connectivity index (χ3n) is 4.57. The van der Waals surface area contributed by atoms with Crippen LogP contribution in [0, 0.1) is 0 Å². The van der Waals surface area contributed by atoms with Crippen molar-refractivity contribution >= 4 is 32.7 Å². The summed E-state index contributed by atoms with van der Waals surface area (Å²) in [5.41, 5.74) is 5.93. The average molecular weight is 492 g/mol. The summed E-state index contributed by atoms with van der Waals surface area (Å²) >= 11 is 13.0. The zero-order valence-corrected chi connectivity index (χ0v) is 19.3. The third kappa shape index (κ3) is 3.51. The van der Waals surface area contributed by atoms with Gasteiger partial charge in [-0.25, -0.2) is 0 Å². The van der Waals surface area contributed by atoms with Gasteiger partial charge >= 0.3 is 0 Å². The topological polar surface area (TPSA) is 0 Å². The van der Waals surface area contributed by atoms with Crippen molar-refractivity contribution in [2.45, 2.75) is 53.4 Å². The molecule has 0 saturated heterocycles. The summed E-state index contributed by atoms with van der Waals surface area (Å²) in [7, 11) is -0.528. The summed E-state index contributed by atoms with van der Waals surface area (Å²) in [5.74, 6) is 0. The van der Waals surface area contributed by atoms with Crippen LogP contribution in [0.5, 0.6) is 0 Å². The largest absolute Gasteiger partial charge is 0.0912 e. The van der Waals surface area contributed by atoms with Crippen LogP contribution < -0.4 is 0 Å². The van der Waals surface area contributed by atoms with Crippen LogP contribution in [0.15, 0.2) is 42.7 Å². The minimum absolute atomic E-state index is 0. The summed E-state index contributed by atoms with van der Waals surface area (Å²) in [4.78, 5) is 0. The Morgan fingerprint density at radius 2 is 1.20 bits per heavy atom. The molecule has 0 heterocycles. The van der Waals surface area contributed by atoms with E-state index >= 15 is 0 Å². The van der Waals surface area contributed by atoms with Crippen LogP contribution in [0.3, 0.4) is 0 Å². The summed E-state index contributed by atoms with van der Waals surface area (Å²) in [6.07, 6.45) is 4.17. The number of hydrogen-bond donors (Lipinski definition) is 0. The Labute approximate surface area is 154 Å². The number of allylic oxidation sites excluding steroid dienone is 8. The van der Waals surface area contributed by atoms with E-state index in [1.807, 2.05) is 0 Å². The van der Waals surface area contributed by atoms with Crippen molar-refractivity contribution in [1.29, 1.82) is 0 Å². The number of halogens is 2. The van der Waals surface area contributed by atoms with Crippen molar-refractivity contribution in [1.82, 2.24) is 0 Å².